The SMILES string of the molecule is CCn1cc(-c2ccccc2[C@@H]2CN(C(=O)/C=C/CN)Cc3sc(C#N)cc32)c(C(F)(F)F)n1. The third-order valence-electron chi connectivity index (χ3n) is 5.75. The molecule has 0 bridgehead atoms. The number of amides is 1. The molecule has 1 atom stereocenters. The highest BCUT2D eigenvalue weighted by atomic mass is 32.1. The van der Waals surface area contributed by atoms with E-state index in [1.54, 1.807) is 48.2 Å². The molecule has 1 aliphatic heterocycles. The van der Waals surface area contributed by atoms with E-state index in [1.807, 2.05) is 0 Å². The molecule has 10 heteroatoms. The van der Waals surface area contributed by atoms with Gasteiger partial charge in [-0.1, -0.05) is 30.3 Å². The number of carbonyl (C=O) groups excluding carboxylic acids is 1. The summed E-state index contributed by atoms with van der Waals surface area (Å²) in [5.41, 5.74) is 6.44. The van der Waals surface area contributed by atoms with Gasteiger partial charge in [0.25, 0.3) is 0 Å². The van der Waals surface area contributed by atoms with E-state index < -0.39 is 17.8 Å². The van der Waals surface area contributed by atoms with Crippen molar-refractivity contribution in [2.45, 2.75) is 32.1 Å². The molecule has 0 aliphatic carbocycles. The number of nitrogens with zero attached hydrogens (tertiary/aromatic N) is 4. The zero-order valence-corrected chi connectivity index (χ0v) is 19.2. The average molecular weight is 486 g/mol. The lowest BCUT2D eigenvalue weighted by Gasteiger charge is -2.33. The molecule has 2 N–H and O–H groups in total. The summed E-state index contributed by atoms with van der Waals surface area (Å²) < 4.78 is 42.8. The second-order valence-corrected chi connectivity index (χ2v) is 8.98. The van der Waals surface area contributed by atoms with Gasteiger partial charge in [-0.2, -0.15) is 23.5 Å². The Morgan fingerprint density at radius 3 is 2.76 bits per heavy atom. The van der Waals surface area contributed by atoms with Crippen LogP contribution in [-0.2, 0) is 24.1 Å². The highest BCUT2D eigenvalue weighted by Gasteiger charge is 2.39. The first-order valence-corrected chi connectivity index (χ1v) is 11.5. The first kappa shape index (κ1) is 23.7. The lowest BCUT2D eigenvalue weighted by atomic mass is 9.83. The quantitative estimate of drug-likeness (QED) is 0.539. The Hall–Kier alpha value is -3.42. The van der Waals surface area contributed by atoms with Gasteiger partial charge >= 0.3 is 6.18 Å². The van der Waals surface area contributed by atoms with Crippen LogP contribution < -0.4 is 5.73 Å². The van der Waals surface area contributed by atoms with E-state index in [2.05, 4.69) is 11.2 Å². The van der Waals surface area contributed by atoms with Crippen LogP contribution in [0.25, 0.3) is 11.1 Å². The molecule has 6 nitrogen and oxygen atoms in total. The molecule has 1 aromatic carbocycles. The summed E-state index contributed by atoms with van der Waals surface area (Å²) in [6, 6.07) is 10.8. The maximum absolute atomic E-state index is 13.9. The Balaban J connectivity index is 1.87. The predicted octanol–water partition coefficient (Wildman–Crippen LogP) is 4.51. The molecular weight excluding hydrogens is 463 g/mol. The number of nitrogens with two attached hydrogens (primary N) is 1. The van der Waals surface area contributed by atoms with Gasteiger partial charge in [-0.25, -0.2) is 0 Å². The van der Waals surface area contributed by atoms with Crippen molar-refractivity contribution >= 4 is 17.2 Å². The van der Waals surface area contributed by atoms with Gasteiger partial charge in [-0.3, -0.25) is 9.48 Å². The minimum Gasteiger partial charge on any atom is -0.333 e. The average Bonchev–Trinajstić information content (AvgIpc) is 3.46. The van der Waals surface area contributed by atoms with Crippen LogP contribution in [0, 0.1) is 11.3 Å². The van der Waals surface area contributed by atoms with Gasteiger partial charge in [0.2, 0.25) is 5.91 Å². The van der Waals surface area contributed by atoms with Gasteiger partial charge in [-0.15, -0.1) is 11.3 Å². The molecule has 0 saturated heterocycles. The van der Waals surface area contributed by atoms with Crippen LogP contribution in [0.15, 0.2) is 48.7 Å². The normalized spacial score (nSPS) is 16.0. The lowest BCUT2D eigenvalue weighted by Crippen LogP contribution is -2.37. The van der Waals surface area contributed by atoms with Gasteiger partial charge in [0.1, 0.15) is 10.9 Å². The number of hydrogen-bond acceptors (Lipinski definition) is 5. The Morgan fingerprint density at radius 2 is 2.09 bits per heavy atom. The summed E-state index contributed by atoms with van der Waals surface area (Å²) in [5.74, 6) is -0.639. The molecule has 4 rings (SSSR count). The van der Waals surface area contributed by atoms with Crippen molar-refractivity contribution in [3.8, 4) is 17.2 Å². The Morgan fingerprint density at radius 1 is 1.32 bits per heavy atom. The van der Waals surface area contributed by atoms with Crippen molar-refractivity contribution in [2.24, 2.45) is 5.73 Å². The Labute approximate surface area is 198 Å². The number of fused-ring (bicyclic) bond motifs is 1. The van der Waals surface area contributed by atoms with Crippen LogP contribution in [0.5, 0.6) is 0 Å². The molecule has 0 saturated carbocycles. The number of hydrogen-bond donors (Lipinski definition) is 1. The fourth-order valence-electron chi connectivity index (χ4n) is 4.22. The van der Waals surface area contributed by atoms with E-state index in [0.29, 0.717) is 29.1 Å². The van der Waals surface area contributed by atoms with Crippen molar-refractivity contribution in [3.63, 3.8) is 0 Å². The summed E-state index contributed by atoms with van der Waals surface area (Å²) in [7, 11) is 0. The molecule has 0 spiro atoms. The molecule has 176 valence electrons. The topological polar surface area (TPSA) is 87.9 Å². The third-order valence-corrected chi connectivity index (χ3v) is 6.79. The third kappa shape index (κ3) is 4.49. The number of thiophene rings is 1. The first-order valence-electron chi connectivity index (χ1n) is 10.7. The molecule has 3 aromatic rings. The first-order chi connectivity index (χ1) is 16.3. The molecular formula is C24H22F3N5OS. The van der Waals surface area contributed by atoms with E-state index >= 15 is 0 Å². The fourth-order valence-corrected chi connectivity index (χ4v) is 5.25. The summed E-state index contributed by atoms with van der Waals surface area (Å²) in [6.45, 7) is 2.84. The molecule has 3 heterocycles. The summed E-state index contributed by atoms with van der Waals surface area (Å²) >= 11 is 1.30. The van der Waals surface area contributed by atoms with E-state index in [-0.39, 0.29) is 24.6 Å². The number of benzene rings is 1. The highest BCUT2D eigenvalue weighted by Crippen LogP contribution is 2.44. The van der Waals surface area contributed by atoms with E-state index in [1.165, 1.54) is 28.3 Å². The molecule has 0 unspecified atom stereocenters. The van der Waals surface area contributed by atoms with Crippen molar-refractivity contribution in [1.82, 2.24) is 14.7 Å². The van der Waals surface area contributed by atoms with Crippen LogP contribution in [-0.4, -0.2) is 33.7 Å². The van der Waals surface area contributed by atoms with Crippen molar-refractivity contribution in [2.75, 3.05) is 13.1 Å². The van der Waals surface area contributed by atoms with Crippen LogP contribution in [0.3, 0.4) is 0 Å². The largest absolute Gasteiger partial charge is 0.435 e. The molecule has 1 aliphatic rings. The fraction of sp³-hybridized carbons (Fsp3) is 0.292. The van der Waals surface area contributed by atoms with Crippen molar-refractivity contribution < 1.29 is 18.0 Å². The summed E-state index contributed by atoms with van der Waals surface area (Å²) in [5, 5.41) is 13.2. The number of aromatic nitrogens is 2. The number of rotatable bonds is 5. The van der Waals surface area contributed by atoms with Gasteiger partial charge in [0.05, 0.1) is 6.54 Å². The number of carbonyl (C=O) groups is 1. The van der Waals surface area contributed by atoms with Crippen molar-refractivity contribution in [3.05, 3.63) is 75.3 Å². The van der Waals surface area contributed by atoms with Crippen LogP contribution in [0.1, 0.15) is 39.4 Å². The Kier molecular flexibility index (Phi) is 6.59. The number of halogens is 3. The number of aryl methyl sites for hydroxylation is 1. The lowest BCUT2D eigenvalue weighted by molar-refractivity contribution is -0.141. The van der Waals surface area contributed by atoms with Gasteiger partial charge in [0.15, 0.2) is 5.69 Å². The monoisotopic (exact) mass is 485 g/mol. The predicted molar refractivity (Wildman–Crippen MR) is 123 cm³/mol. The van der Waals surface area contributed by atoms with Gasteiger partial charge < -0.3 is 10.6 Å². The maximum Gasteiger partial charge on any atom is 0.435 e. The van der Waals surface area contributed by atoms with Crippen LogP contribution >= 0.6 is 11.3 Å². The van der Waals surface area contributed by atoms with E-state index in [9.17, 15) is 23.2 Å². The molecule has 34 heavy (non-hydrogen) atoms. The van der Waals surface area contributed by atoms with E-state index in [0.717, 1.165) is 10.4 Å². The highest BCUT2D eigenvalue weighted by molar-refractivity contribution is 7.12. The molecule has 2 aromatic heterocycles. The summed E-state index contributed by atoms with van der Waals surface area (Å²) in [6.07, 6.45) is -0.247. The Bertz CT molecular complexity index is 1280. The zero-order valence-electron chi connectivity index (χ0n) is 18.3. The number of alkyl halides is 3. The summed E-state index contributed by atoms with van der Waals surface area (Å²) in [4.78, 5) is 15.7. The van der Waals surface area contributed by atoms with Crippen molar-refractivity contribution in [1.29, 1.82) is 5.26 Å². The molecule has 1 amide bonds. The van der Waals surface area contributed by atoms with Gasteiger partial charge in [-0.05, 0) is 29.7 Å². The second-order valence-electron chi connectivity index (χ2n) is 7.84. The van der Waals surface area contributed by atoms with Gasteiger partial charge in [0, 0.05) is 48.3 Å². The minimum atomic E-state index is -4.62. The zero-order chi connectivity index (χ0) is 24.5. The second kappa shape index (κ2) is 9.44. The number of nitriles is 1. The van der Waals surface area contributed by atoms with Crippen LogP contribution in [0.4, 0.5) is 13.2 Å². The smallest absolute Gasteiger partial charge is 0.333 e. The minimum absolute atomic E-state index is 0.00582. The molecule has 0 fully saturated rings. The van der Waals surface area contributed by atoms with E-state index in [4.69, 9.17) is 5.73 Å². The maximum atomic E-state index is 13.9. The standard InChI is InChI=1S/C24H22F3N5OS/c1-2-32-13-20(23(30-32)24(25,26)27)17-7-4-3-6-16(17)19-12-31(22(33)8-5-9-28)14-21-18(19)10-15(11-29)34-21/h3-8,10,13,19H,2,9,12,14,28H2,1H3/b8-5+/t19-/m0/s1. The van der Waals surface area contributed by atoms with Crippen LogP contribution in [0.2, 0.25) is 0 Å². The molecule has 0 radical (unpaired) electrons.